The standard InChI is InChI=1S/C10H14N2O3/c1-11-12(2)8-4-6-9(7-5-8)15-10(13)14-3/h4-7,11H,1-3H3. The van der Waals surface area contributed by atoms with Gasteiger partial charge in [0.2, 0.25) is 0 Å². The molecule has 15 heavy (non-hydrogen) atoms. The predicted octanol–water partition coefficient (Wildman–Crippen LogP) is 1.40. The molecule has 1 rings (SSSR count). The Morgan fingerprint density at radius 3 is 2.40 bits per heavy atom. The Morgan fingerprint density at radius 1 is 1.33 bits per heavy atom. The van der Waals surface area contributed by atoms with Crippen LogP contribution in [0.2, 0.25) is 0 Å². The number of ether oxygens (including phenoxy) is 2. The van der Waals surface area contributed by atoms with Crippen LogP contribution in [-0.4, -0.2) is 27.4 Å². The van der Waals surface area contributed by atoms with E-state index in [2.05, 4.69) is 10.2 Å². The minimum Gasteiger partial charge on any atom is -0.437 e. The number of carbonyl (C=O) groups is 1. The zero-order chi connectivity index (χ0) is 11.3. The second-order valence-corrected chi connectivity index (χ2v) is 2.83. The van der Waals surface area contributed by atoms with Gasteiger partial charge in [-0.05, 0) is 24.3 Å². The molecule has 0 aromatic heterocycles. The molecule has 0 aliphatic carbocycles. The van der Waals surface area contributed by atoms with E-state index < -0.39 is 6.16 Å². The fourth-order valence-corrected chi connectivity index (χ4v) is 1.00. The third kappa shape index (κ3) is 3.14. The van der Waals surface area contributed by atoms with Crippen LogP contribution in [0.3, 0.4) is 0 Å². The van der Waals surface area contributed by atoms with Crippen molar-refractivity contribution >= 4 is 11.8 Å². The number of carbonyl (C=O) groups excluding carboxylic acids is 1. The molecular weight excluding hydrogens is 196 g/mol. The number of methoxy groups -OCH3 is 1. The van der Waals surface area contributed by atoms with Crippen molar-refractivity contribution in [1.82, 2.24) is 5.43 Å². The summed E-state index contributed by atoms with van der Waals surface area (Å²) in [4.78, 5) is 10.8. The lowest BCUT2D eigenvalue weighted by atomic mass is 10.3. The lowest BCUT2D eigenvalue weighted by molar-refractivity contribution is 0.121. The normalized spacial score (nSPS) is 9.53. The summed E-state index contributed by atoms with van der Waals surface area (Å²) in [6, 6.07) is 7.05. The quantitative estimate of drug-likeness (QED) is 0.464. The zero-order valence-electron chi connectivity index (χ0n) is 8.98. The fraction of sp³-hybridized carbons (Fsp3) is 0.300. The van der Waals surface area contributed by atoms with E-state index in [-0.39, 0.29) is 0 Å². The average Bonchev–Trinajstić information content (AvgIpc) is 2.29. The third-order valence-corrected chi connectivity index (χ3v) is 1.93. The molecule has 0 fully saturated rings. The predicted molar refractivity (Wildman–Crippen MR) is 56.9 cm³/mol. The Hall–Kier alpha value is -1.75. The smallest absolute Gasteiger partial charge is 0.437 e. The first-order valence-corrected chi connectivity index (χ1v) is 4.44. The first kappa shape index (κ1) is 11.3. The molecule has 0 amide bonds. The van der Waals surface area contributed by atoms with Gasteiger partial charge in [0.05, 0.1) is 12.8 Å². The Kier molecular flexibility index (Phi) is 3.93. The van der Waals surface area contributed by atoms with Gasteiger partial charge in [-0.2, -0.15) is 0 Å². The van der Waals surface area contributed by atoms with Crippen LogP contribution >= 0.6 is 0 Å². The molecule has 1 aromatic carbocycles. The molecule has 0 saturated heterocycles. The second kappa shape index (κ2) is 5.21. The maximum atomic E-state index is 10.8. The van der Waals surface area contributed by atoms with Gasteiger partial charge in [-0.3, -0.25) is 0 Å². The number of nitrogens with one attached hydrogen (secondary N) is 1. The van der Waals surface area contributed by atoms with Crippen molar-refractivity contribution in [1.29, 1.82) is 0 Å². The van der Waals surface area contributed by atoms with Gasteiger partial charge in [0.15, 0.2) is 0 Å². The van der Waals surface area contributed by atoms with Crippen LogP contribution in [-0.2, 0) is 4.74 Å². The minimum atomic E-state index is -0.718. The van der Waals surface area contributed by atoms with E-state index >= 15 is 0 Å². The molecule has 0 aliphatic heterocycles. The summed E-state index contributed by atoms with van der Waals surface area (Å²) in [5.41, 5.74) is 3.92. The maximum Gasteiger partial charge on any atom is 0.513 e. The number of hydrazine groups is 1. The molecule has 5 nitrogen and oxygen atoms in total. The first-order valence-electron chi connectivity index (χ1n) is 4.44. The number of hydrogen-bond acceptors (Lipinski definition) is 5. The van der Waals surface area contributed by atoms with E-state index in [4.69, 9.17) is 4.74 Å². The van der Waals surface area contributed by atoms with Gasteiger partial charge >= 0.3 is 6.16 Å². The summed E-state index contributed by atoms with van der Waals surface area (Å²) in [7, 11) is 4.97. The molecular formula is C10H14N2O3. The monoisotopic (exact) mass is 210 g/mol. The summed E-state index contributed by atoms with van der Waals surface area (Å²) in [5, 5.41) is 1.84. The Balaban J connectivity index is 2.68. The average molecular weight is 210 g/mol. The van der Waals surface area contributed by atoms with Crippen LogP contribution in [0.15, 0.2) is 24.3 Å². The highest BCUT2D eigenvalue weighted by atomic mass is 16.7. The number of nitrogens with zero attached hydrogens (tertiary/aromatic N) is 1. The van der Waals surface area contributed by atoms with E-state index in [1.807, 2.05) is 31.2 Å². The van der Waals surface area contributed by atoms with Crippen LogP contribution in [0.1, 0.15) is 0 Å². The summed E-state index contributed by atoms with van der Waals surface area (Å²) in [6.45, 7) is 0. The molecule has 0 aliphatic rings. The number of anilines is 1. The number of rotatable bonds is 3. The molecule has 0 unspecified atom stereocenters. The highest BCUT2D eigenvalue weighted by Gasteiger charge is 2.03. The van der Waals surface area contributed by atoms with Gasteiger partial charge in [0.25, 0.3) is 0 Å². The molecule has 5 heteroatoms. The lowest BCUT2D eigenvalue weighted by Gasteiger charge is -2.17. The first-order chi connectivity index (χ1) is 7.17. The number of benzene rings is 1. The van der Waals surface area contributed by atoms with E-state index in [0.29, 0.717) is 5.75 Å². The van der Waals surface area contributed by atoms with Gasteiger partial charge in [-0.1, -0.05) is 0 Å². The van der Waals surface area contributed by atoms with Crippen molar-refractivity contribution in [2.45, 2.75) is 0 Å². The molecule has 0 radical (unpaired) electrons. The van der Waals surface area contributed by atoms with Crippen LogP contribution in [0.4, 0.5) is 10.5 Å². The highest BCUT2D eigenvalue weighted by molar-refractivity contribution is 5.64. The minimum absolute atomic E-state index is 0.454. The van der Waals surface area contributed by atoms with Crippen LogP contribution in [0.5, 0.6) is 5.75 Å². The number of hydrogen-bond donors (Lipinski definition) is 1. The van der Waals surface area contributed by atoms with Gasteiger partial charge in [0.1, 0.15) is 5.75 Å². The largest absolute Gasteiger partial charge is 0.513 e. The third-order valence-electron chi connectivity index (χ3n) is 1.93. The van der Waals surface area contributed by atoms with E-state index in [9.17, 15) is 4.79 Å². The summed E-state index contributed by atoms with van der Waals surface area (Å²) < 4.78 is 9.20. The Labute approximate surface area is 88.6 Å². The summed E-state index contributed by atoms with van der Waals surface area (Å²) in [6.07, 6.45) is -0.718. The lowest BCUT2D eigenvalue weighted by Crippen LogP contribution is -2.30. The van der Waals surface area contributed by atoms with Crippen molar-refractivity contribution in [2.75, 3.05) is 26.2 Å². The molecule has 0 bridgehead atoms. The van der Waals surface area contributed by atoms with Crippen LogP contribution in [0.25, 0.3) is 0 Å². The molecule has 1 aromatic rings. The molecule has 1 N–H and O–H groups in total. The van der Waals surface area contributed by atoms with Gasteiger partial charge in [0, 0.05) is 14.1 Å². The van der Waals surface area contributed by atoms with E-state index in [1.165, 1.54) is 7.11 Å². The Bertz CT molecular complexity index is 324. The molecule has 0 spiro atoms. The Morgan fingerprint density at radius 2 is 1.93 bits per heavy atom. The second-order valence-electron chi connectivity index (χ2n) is 2.83. The summed E-state index contributed by atoms with van der Waals surface area (Å²) in [5.74, 6) is 0.454. The molecule has 0 atom stereocenters. The van der Waals surface area contributed by atoms with Crippen LogP contribution in [0, 0.1) is 0 Å². The topological polar surface area (TPSA) is 50.8 Å². The molecule has 0 saturated carbocycles. The van der Waals surface area contributed by atoms with E-state index in [1.54, 1.807) is 12.1 Å². The fourth-order valence-electron chi connectivity index (χ4n) is 1.00. The molecule has 82 valence electrons. The van der Waals surface area contributed by atoms with Gasteiger partial charge in [-0.25, -0.2) is 10.2 Å². The zero-order valence-corrected chi connectivity index (χ0v) is 8.98. The van der Waals surface area contributed by atoms with E-state index in [0.717, 1.165) is 5.69 Å². The van der Waals surface area contributed by atoms with Crippen molar-refractivity contribution in [2.24, 2.45) is 0 Å². The van der Waals surface area contributed by atoms with Crippen molar-refractivity contribution in [3.05, 3.63) is 24.3 Å². The van der Waals surface area contributed by atoms with Gasteiger partial charge in [-0.15, -0.1) is 0 Å². The van der Waals surface area contributed by atoms with Crippen molar-refractivity contribution in [3.63, 3.8) is 0 Å². The van der Waals surface area contributed by atoms with Crippen molar-refractivity contribution in [3.8, 4) is 5.75 Å². The van der Waals surface area contributed by atoms with Crippen LogP contribution < -0.4 is 15.2 Å². The van der Waals surface area contributed by atoms with Crippen molar-refractivity contribution < 1.29 is 14.3 Å². The maximum absolute atomic E-state index is 10.8. The molecule has 0 heterocycles. The highest BCUT2D eigenvalue weighted by Crippen LogP contribution is 2.17. The summed E-state index contributed by atoms with van der Waals surface area (Å²) >= 11 is 0. The van der Waals surface area contributed by atoms with Gasteiger partial charge < -0.3 is 14.5 Å². The SMILES string of the molecule is CNN(C)c1ccc(OC(=O)OC)cc1.